The van der Waals surface area contributed by atoms with Gasteiger partial charge in [0, 0.05) is 5.69 Å². The minimum atomic E-state index is -1.10. The first kappa shape index (κ1) is 18.3. The van der Waals surface area contributed by atoms with Gasteiger partial charge in [-0.15, -0.1) is 0 Å². The zero-order valence-electron chi connectivity index (χ0n) is 13.2. The number of amides is 2. The lowest BCUT2D eigenvalue weighted by Crippen LogP contribution is -2.46. The zero-order chi connectivity index (χ0) is 17.4. The topological polar surface area (TPSA) is 114 Å². The van der Waals surface area contributed by atoms with Crippen molar-refractivity contribution in [2.75, 3.05) is 11.9 Å². The van der Waals surface area contributed by atoms with Crippen LogP contribution in [0, 0.1) is 5.92 Å². The van der Waals surface area contributed by atoms with Crippen molar-refractivity contribution in [1.29, 1.82) is 0 Å². The van der Waals surface area contributed by atoms with Crippen LogP contribution in [0.3, 0.4) is 0 Å². The van der Waals surface area contributed by atoms with Crippen LogP contribution in [0.2, 0.25) is 0 Å². The van der Waals surface area contributed by atoms with E-state index >= 15 is 0 Å². The van der Waals surface area contributed by atoms with Crippen LogP contribution in [0.1, 0.15) is 20.8 Å². The molecule has 0 spiro atoms. The number of hydrogen-bond donors (Lipinski definition) is 3. The Hall–Kier alpha value is -2.77. The lowest BCUT2D eigenvalue weighted by Gasteiger charge is -2.18. The van der Waals surface area contributed by atoms with E-state index in [0.29, 0.717) is 5.69 Å². The van der Waals surface area contributed by atoms with E-state index in [9.17, 15) is 14.4 Å². The number of carboxylic acid groups (broad SMARTS) is 1. The predicted molar refractivity (Wildman–Crippen MR) is 82.5 cm³/mol. The minimum absolute atomic E-state index is 0.208. The molecule has 2 amide bonds. The van der Waals surface area contributed by atoms with Crippen molar-refractivity contribution in [3.05, 3.63) is 24.3 Å². The molecule has 0 aliphatic rings. The van der Waals surface area contributed by atoms with Crippen molar-refractivity contribution in [2.24, 2.45) is 5.92 Å². The van der Waals surface area contributed by atoms with E-state index in [4.69, 9.17) is 9.84 Å². The Bertz CT molecular complexity index is 556. The van der Waals surface area contributed by atoms with Crippen LogP contribution < -0.4 is 15.4 Å². The normalized spacial score (nSPS) is 11.5. The molecule has 0 saturated carbocycles. The largest absolute Gasteiger partial charge is 0.513 e. The van der Waals surface area contributed by atoms with Crippen LogP contribution in [0.25, 0.3) is 0 Å². The number of urea groups is 1. The Labute approximate surface area is 133 Å². The summed E-state index contributed by atoms with van der Waals surface area (Å²) < 4.78 is 9.51. The third kappa shape index (κ3) is 6.25. The molecule has 0 saturated heterocycles. The van der Waals surface area contributed by atoms with Crippen molar-refractivity contribution in [3.8, 4) is 5.75 Å². The molecular weight excluding hydrogens is 304 g/mol. The smallest absolute Gasteiger partial charge is 0.480 e. The van der Waals surface area contributed by atoms with Crippen molar-refractivity contribution in [1.82, 2.24) is 5.32 Å². The van der Waals surface area contributed by atoms with Crippen LogP contribution >= 0.6 is 0 Å². The van der Waals surface area contributed by atoms with E-state index in [1.165, 1.54) is 24.3 Å². The van der Waals surface area contributed by atoms with Gasteiger partial charge in [-0.25, -0.2) is 14.4 Å². The number of nitrogens with one attached hydrogen (secondary N) is 2. The van der Waals surface area contributed by atoms with Gasteiger partial charge in [0.05, 0.1) is 6.61 Å². The van der Waals surface area contributed by atoms with Crippen LogP contribution in [0.4, 0.5) is 15.3 Å². The number of carboxylic acids is 1. The number of rotatable bonds is 6. The minimum Gasteiger partial charge on any atom is -0.480 e. The van der Waals surface area contributed by atoms with Crippen molar-refractivity contribution >= 4 is 23.8 Å². The highest BCUT2D eigenvalue weighted by atomic mass is 16.7. The van der Waals surface area contributed by atoms with Gasteiger partial charge in [-0.05, 0) is 37.1 Å². The first-order chi connectivity index (χ1) is 10.8. The predicted octanol–water partition coefficient (Wildman–Crippen LogP) is 2.45. The van der Waals surface area contributed by atoms with E-state index in [1.54, 1.807) is 20.8 Å². The van der Waals surface area contributed by atoms with Gasteiger partial charge in [-0.2, -0.15) is 0 Å². The lowest BCUT2D eigenvalue weighted by atomic mass is 10.1. The molecular formula is C15H20N2O6. The summed E-state index contributed by atoms with van der Waals surface area (Å²) in [6.45, 7) is 5.26. The lowest BCUT2D eigenvalue weighted by molar-refractivity contribution is -0.140. The van der Waals surface area contributed by atoms with Gasteiger partial charge in [0.1, 0.15) is 11.8 Å². The third-order valence-corrected chi connectivity index (χ3v) is 2.79. The highest BCUT2D eigenvalue weighted by Crippen LogP contribution is 2.16. The maximum Gasteiger partial charge on any atom is 0.513 e. The van der Waals surface area contributed by atoms with Gasteiger partial charge < -0.3 is 25.2 Å². The maximum absolute atomic E-state index is 11.8. The fourth-order valence-electron chi connectivity index (χ4n) is 1.67. The van der Waals surface area contributed by atoms with Gasteiger partial charge in [-0.1, -0.05) is 13.8 Å². The number of benzene rings is 1. The first-order valence-corrected chi connectivity index (χ1v) is 7.08. The van der Waals surface area contributed by atoms with E-state index in [0.717, 1.165) is 0 Å². The summed E-state index contributed by atoms with van der Waals surface area (Å²) in [5, 5.41) is 13.9. The van der Waals surface area contributed by atoms with Crippen LogP contribution in [0.15, 0.2) is 24.3 Å². The van der Waals surface area contributed by atoms with Crippen LogP contribution in [-0.4, -0.2) is 35.9 Å². The molecule has 1 aromatic rings. The summed E-state index contributed by atoms with van der Waals surface area (Å²) in [6, 6.07) is 4.36. The molecule has 8 nitrogen and oxygen atoms in total. The molecule has 1 aromatic carbocycles. The Balaban J connectivity index is 2.59. The summed E-state index contributed by atoms with van der Waals surface area (Å²) in [5.74, 6) is -1.09. The molecule has 0 fully saturated rings. The second-order valence-corrected chi connectivity index (χ2v) is 4.97. The van der Waals surface area contributed by atoms with Crippen molar-refractivity contribution < 1.29 is 29.0 Å². The molecule has 126 valence electrons. The highest BCUT2D eigenvalue weighted by molar-refractivity contribution is 5.92. The van der Waals surface area contributed by atoms with Crippen molar-refractivity contribution in [3.63, 3.8) is 0 Å². The summed E-state index contributed by atoms with van der Waals surface area (Å²) >= 11 is 0. The summed E-state index contributed by atoms with van der Waals surface area (Å²) in [6.07, 6.45) is -0.813. The molecule has 0 aromatic heterocycles. The molecule has 0 bridgehead atoms. The molecule has 1 atom stereocenters. The van der Waals surface area contributed by atoms with Gasteiger partial charge in [-0.3, -0.25) is 0 Å². The second kappa shape index (κ2) is 8.62. The number of aliphatic carboxylic acids is 1. The number of carbonyl (C=O) groups is 3. The summed E-state index contributed by atoms with van der Waals surface area (Å²) in [5.41, 5.74) is 0.423. The molecule has 3 N–H and O–H groups in total. The quantitative estimate of drug-likeness (QED) is 0.547. The molecule has 0 heterocycles. The monoisotopic (exact) mass is 324 g/mol. The van der Waals surface area contributed by atoms with E-state index in [2.05, 4.69) is 15.4 Å². The van der Waals surface area contributed by atoms with Gasteiger partial charge in [0.15, 0.2) is 0 Å². The van der Waals surface area contributed by atoms with Gasteiger partial charge in [0.25, 0.3) is 0 Å². The molecule has 0 radical (unpaired) electrons. The Morgan fingerprint density at radius 3 is 2.26 bits per heavy atom. The van der Waals surface area contributed by atoms with Gasteiger partial charge >= 0.3 is 18.2 Å². The third-order valence-electron chi connectivity index (χ3n) is 2.79. The Kier molecular flexibility index (Phi) is 6.85. The molecule has 1 unspecified atom stereocenters. The number of carbonyl (C=O) groups excluding carboxylic acids is 2. The van der Waals surface area contributed by atoms with Crippen LogP contribution in [0.5, 0.6) is 5.75 Å². The fourth-order valence-corrected chi connectivity index (χ4v) is 1.67. The van der Waals surface area contributed by atoms with Gasteiger partial charge in [0.2, 0.25) is 0 Å². The second-order valence-electron chi connectivity index (χ2n) is 4.97. The molecule has 0 aliphatic carbocycles. The summed E-state index contributed by atoms with van der Waals surface area (Å²) in [4.78, 5) is 34.0. The average molecular weight is 324 g/mol. The van der Waals surface area contributed by atoms with E-state index in [-0.39, 0.29) is 18.3 Å². The summed E-state index contributed by atoms with van der Waals surface area (Å²) in [7, 11) is 0. The fraction of sp³-hybridized carbons (Fsp3) is 0.400. The van der Waals surface area contributed by atoms with Crippen molar-refractivity contribution in [2.45, 2.75) is 26.8 Å². The maximum atomic E-state index is 11.8. The average Bonchev–Trinajstić information content (AvgIpc) is 2.46. The first-order valence-electron chi connectivity index (χ1n) is 7.08. The Morgan fingerprint density at radius 1 is 1.17 bits per heavy atom. The molecule has 0 aliphatic heterocycles. The van der Waals surface area contributed by atoms with E-state index < -0.39 is 24.2 Å². The zero-order valence-corrected chi connectivity index (χ0v) is 13.2. The molecule has 8 heteroatoms. The number of hydrogen-bond acceptors (Lipinski definition) is 5. The number of ether oxygens (including phenoxy) is 2. The highest BCUT2D eigenvalue weighted by Gasteiger charge is 2.23. The SMILES string of the molecule is CCOC(=O)Oc1ccc(NC(=O)NC(C(=O)O)C(C)C)cc1. The van der Waals surface area contributed by atoms with Crippen LogP contribution in [-0.2, 0) is 9.53 Å². The number of anilines is 1. The Morgan fingerprint density at radius 2 is 1.78 bits per heavy atom. The molecule has 1 rings (SSSR count). The molecule has 23 heavy (non-hydrogen) atoms. The van der Waals surface area contributed by atoms with E-state index in [1.807, 2.05) is 0 Å². The standard InChI is InChI=1S/C15H20N2O6/c1-4-22-15(21)23-11-7-5-10(6-8-11)16-14(20)17-12(9(2)3)13(18)19/h5-9,12H,4H2,1-3H3,(H,18,19)(H2,16,17,20).